The van der Waals surface area contributed by atoms with Crippen LogP contribution in [-0.2, 0) is 25.7 Å². The lowest BCUT2D eigenvalue weighted by molar-refractivity contribution is 0.102. The van der Waals surface area contributed by atoms with Crippen LogP contribution in [0.15, 0.2) is 30.3 Å². The Morgan fingerprint density at radius 2 is 1.83 bits per heavy atom. The fourth-order valence-electron chi connectivity index (χ4n) is 4.21. The molecule has 2 aliphatic carbocycles. The van der Waals surface area contributed by atoms with Crippen LogP contribution in [-0.4, -0.2) is 16.1 Å². The number of nitrogens with zero attached hydrogens (tertiary/aromatic N) is 1. The monoisotopic (exact) mass is 317 g/mol. The quantitative estimate of drug-likeness (QED) is 0.755. The van der Waals surface area contributed by atoms with Crippen molar-refractivity contribution in [2.75, 3.05) is 5.32 Å². The highest BCUT2D eigenvalue weighted by molar-refractivity contribution is 6.10. The molecule has 1 aromatic heterocycles. The Morgan fingerprint density at radius 3 is 2.75 bits per heavy atom. The van der Waals surface area contributed by atoms with Crippen molar-refractivity contribution in [1.82, 2.24) is 10.2 Å². The maximum atomic E-state index is 12.8. The van der Waals surface area contributed by atoms with Crippen LogP contribution in [0.25, 0.3) is 10.8 Å². The summed E-state index contributed by atoms with van der Waals surface area (Å²) in [7, 11) is 0. The summed E-state index contributed by atoms with van der Waals surface area (Å²) < 4.78 is 0. The number of carbonyl (C=O) groups is 1. The molecule has 4 nitrogen and oxygen atoms in total. The number of carbonyl (C=O) groups excluding carboxylic acids is 1. The standard InChI is InChI=1S/C20H19N3O/c24-20(19-15-5-1-2-7-17(15)22-23-19)21-16-11-10-13-9-8-12-4-3-6-14(16)18(12)13/h3-4,6,10-11H,1-2,5,7-9H2,(H,21,24)(H,22,23). The molecule has 24 heavy (non-hydrogen) atoms. The van der Waals surface area contributed by atoms with Crippen LogP contribution in [0.5, 0.6) is 0 Å². The van der Waals surface area contributed by atoms with E-state index in [0.717, 1.165) is 54.4 Å². The van der Waals surface area contributed by atoms with Crippen molar-refractivity contribution in [2.45, 2.75) is 38.5 Å². The van der Waals surface area contributed by atoms with Gasteiger partial charge >= 0.3 is 0 Å². The third kappa shape index (κ3) is 1.99. The molecule has 120 valence electrons. The highest BCUT2D eigenvalue weighted by Gasteiger charge is 2.23. The van der Waals surface area contributed by atoms with E-state index in [1.807, 2.05) is 6.07 Å². The van der Waals surface area contributed by atoms with Crippen LogP contribution in [0, 0.1) is 0 Å². The summed E-state index contributed by atoms with van der Waals surface area (Å²) in [5, 5.41) is 12.9. The summed E-state index contributed by atoms with van der Waals surface area (Å²) in [5.74, 6) is -0.104. The van der Waals surface area contributed by atoms with Crippen LogP contribution in [0.4, 0.5) is 5.69 Å². The molecule has 0 radical (unpaired) electrons. The highest BCUT2D eigenvalue weighted by Crippen LogP contribution is 2.35. The molecule has 1 heterocycles. The van der Waals surface area contributed by atoms with Gasteiger partial charge < -0.3 is 5.32 Å². The Morgan fingerprint density at radius 1 is 1.00 bits per heavy atom. The SMILES string of the molecule is O=C(Nc1ccc2c3c(cccc13)CC2)c1n[nH]c2c1CCCC2. The number of aromatic amines is 1. The number of nitrogens with one attached hydrogen (secondary N) is 2. The normalized spacial score (nSPS) is 15.5. The van der Waals surface area contributed by atoms with Gasteiger partial charge in [-0.1, -0.05) is 24.3 Å². The molecule has 0 saturated carbocycles. The van der Waals surface area contributed by atoms with E-state index < -0.39 is 0 Å². The largest absolute Gasteiger partial charge is 0.320 e. The Kier molecular flexibility index (Phi) is 2.98. The van der Waals surface area contributed by atoms with Crippen molar-refractivity contribution in [1.29, 1.82) is 0 Å². The highest BCUT2D eigenvalue weighted by atomic mass is 16.1. The fourth-order valence-corrected chi connectivity index (χ4v) is 4.21. The molecule has 0 spiro atoms. The first kappa shape index (κ1) is 13.8. The molecule has 0 fully saturated rings. The van der Waals surface area contributed by atoms with Crippen molar-refractivity contribution < 1.29 is 4.79 Å². The molecule has 2 aliphatic rings. The molecular formula is C20H19N3O. The number of H-pyrrole nitrogens is 1. The minimum Gasteiger partial charge on any atom is -0.320 e. The Bertz CT molecular complexity index is 960. The average Bonchev–Trinajstić information content (AvgIpc) is 3.23. The molecule has 3 aromatic rings. The van der Waals surface area contributed by atoms with Crippen molar-refractivity contribution in [2.24, 2.45) is 0 Å². The molecule has 0 aliphatic heterocycles. The fraction of sp³-hybridized carbons (Fsp3) is 0.300. The lowest BCUT2D eigenvalue weighted by Crippen LogP contribution is -2.16. The minimum absolute atomic E-state index is 0.104. The molecule has 0 saturated heterocycles. The van der Waals surface area contributed by atoms with Gasteiger partial charge in [-0.15, -0.1) is 0 Å². The number of benzene rings is 2. The van der Waals surface area contributed by atoms with Crippen molar-refractivity contribution in [3.8, 4) is 0 Å². The van der Waals surface area contributed by atoms with Crippen LogP contribution in [0.1, 0.15) is 45.7 Å². The van der Waals surface area contributed by atoms with Crippen LogP contribution >= 0.6 is 0 Å². The molecule has 0 unspecified atom stereocenters. The maximum Gasteiger partial charge on any atom is 0.276 e. The molecular weight excluding hydrogens is 298 g/mol. The van der Waals surface area contributed by atoms with Gasteiger partial charge in [0.2, 0.25) is 0 Å². The molecule has 5 rings (SSSR count). The number of hydrogen-bond donors (Lipinski definition) is 2. The molecule has 2 N–H and O–H groups in total. The van der Waals surface area contributed by atoms with Gasteiger partial charge in [0.25, 0.3) is 5.91 Å². The first-order valence-electron chi connectivity index (χ1n) is 8.72. The molecule has 0 bridgehead atoms. The average molecular weight is 317 g/mol. The first-order chi connectivity index (χ1) is 11.8. The number of rotatable bonds is 2. The van der Waals surface area contributed by atoms with Gasteiger partial charge in [0.15, 0.2) is 5.69 Å². The number of anilines is 1. The zero-order chi connectivity index (χ0) is 16.1. The first-order valence-corrected chi connectivity index (χ1v) is 8.72. The second kappa shape index (κ2) is 5.20. The minimum atomic E-state index is -0.104. The van der Waals surface area contributed by atoms with E-state index in [-0.39, 0.29) is 5.91 Å². The van der Waals surface area contributed by atoms with Crippen molar-refractivity contribution >= 4 is 22.4 Å². The lowest BCUT2D eigenvalue weighted by atomic mass is 9.95. The van der Waals surface area contributed by atoms with Crippen LogP contribution in [0.2, 0.25) is 0 Å². The summed E-state index contributed by atoms with van der Waals surface area (Å²) in [4.78, 5) is 12.8. The van der Waals surface area contributed by atoms with Gasteiger partial charge in [0, 0.05) is 22.3 Å². The van der Waals surface area contributed by atoms with E-state index in [0.29, 0.717) is 5.69 Å². The summed E-state index contributed by atoms with van der Waals surface area (Å²) in [5.41, 5.74) is 6.45. The van der Waals surface area contributed by atoms with Crippen molar-refractivity contribution in [3.63, 3.8) is 0 Å². The summed E-state index contributed by atoms with van der Waals surface area (Å²) in [6.07, 6.45) is 6.43. The molecule has 4 heteroatoms. The second-order valence-corrected chi connectivity index (χ2v) is 6.80. The number of fused-ring (bicyclic) bond motifs is 1. The number of amides is 1. The Balaban J connectivity index is 1.54. The van der Waals surface area contributed by atoms with E-state index in [1.54, 1.807) is 0 Å². The number of aryl methyl sites for hydroxylation is 3. The Labute approximate surface area is 140 Å². The summed E-state index contributed by atoms with van der Waals surface area (Å²) in [6, 6.07) is 10.6. The topological polar surface area (TPSA) is 57.8 Å². The zero-order valence-electron chi connectivity index (χ0n) is 13.5. The van der Waals surface area contributed by atoms with E-state index in [2.05, 4.69) is 39.8 Å². The van der Waals surface area contributed by atoms with E-state index >= 15 is 0 Å². The van der Waals surface area contributed by atoms with E-state index in [9.17, 15) is 4.79 Å². The van der Waals surface area contributed by atoms with Crippen LogP contribution < -0.4 is 5.32 Å². The van der Waals surface area contributed by atoms with Gasteiger partial charge in [-0.2, -0.15) is 5.10 Å². The maximum absolute atomic E-state index is 12.8. The zero-order valence-corrected chi connectivity index (χ0v) is 13.5. The van der Waals surface area contributed by atoms with Gasteiger partial charge in [-0.25, -0.2) is 0 Å². The van der Waals surface area contributed by atoms with Gasteiger partial charge in [-0.05, 0) is 61.1 Å². The predicted molar refractivity (Wildman–Crippen MR) is 94.5 cm³/mol. The predicted octanol–water partition coefficient (Wildman–Crippen LogP) is 3.79. The van der Waals surface area contributed by atoms with E-state index in [4.69, 9.17) is 0 Å². The van der Waals surface area contributed by atoms with Gasteiger partial charge in [-0.3, -0.25) is 9.89 Å². The number of hydrogen-bond acceptors (Lipinski definition) is 2. The summed E-state index contributed by atoms with van der Waals surface area (Å²) >= 11 is 0. The summed E-state index contributed by atoms with van der Waals surface area (Å²) in [6.45, 7) is 0. The third-order valence-corrected chi connectivity index (χ3v) is 5.40. The van der Waals surface area contributed by atoms with E-state index in [1.165, 1.54) is 22.9 Å². The van der Waals surface area contributed by atoms with Gasteiger partial charge in [0.05, 0.1) is 0 Å². The van der Waals surface area contributed by atoms with Crippen molar-refractivity contribution in [3.05, 3.63) is 58.4 Å². The Hall–Kier alpha value is -2.62. The molecule has 0 atom stereocenters. The lowest BCUT2D eigenvalue weighted by Gasteiger charge is -2.12. The van der Waals surface area contributed by atoms with Gasteiger partial charge in [0.1, 0.15) is 0 Å². The second-order valence-electron chi connectivity index (χ2n) is 6.80. The van der Waals surface area contributed by atoms with Crippen LogP contribution in [0.3, 0.4) is 0 Å². The molecule has 2 aromatic carbocycles. The molecule has 1 amide bonds. The smallest absolute Gasteiger partial charge is 0.276 e. The third-order valence-electron chi connectivity index (χ3n) is 5.40. The number of aromatic nitrogens is 2.